The molecule has 6 heteroatoms. The van der Waals surface area contributed by atoms with Crippen molar-refractivity contribution in [2.45, 2.75) is 58.9 Å². The molecule has 1 aliphatic rings. The first kappa shape index (κ1) is 17.9. The fourth-order valence-electron chi connectivity index (χ4n) is 3.06. The average Bonchev–Trinajstić information content (AvgIpc) is 2.40. The van der Waals surface area contributed by atoms with Crippen LogP contribution in [0.1, 0.15) is 53.4 Å². The minimum Gasteiger partial charge on any atom is -0.392 e. The Balaban J connectivity index is 3.21. The number of nitrogens with zero attached hydrogens (tertiary/aromatic N) is 1. The third-order valence-electron chi connectivity index (χ3n) is 4.33. The molecule has 1 saturated heterocycles. The summed E-state index contributed by atoms with van der Waals surface area (Å²) in [4.78, 5) is 27.2. The van der Waals surface area contributed by atoms with Crippen molar-refractivity contribution in [3.63, 3.8) is 0 Å². The molecule has 1 aliphatic heterocycles. The maximum Gasteiger partial charge on any atom is 0.245 e. The molecule has 0 bridgehead atoms. The van der Waals surface area contributed by atoms with E-state index in [0.29, 0.717) is 25.9 Å². The van der Waals surface area contributed by atoms with Crippen LogP contribution in [0, 0.1) is 5.41 Å². The Bertz CT molecular complexity index is 429. The summed E-state index contributed by atoms with van der Waals surface area (Å²) in [6.07, 6.45) is 2.90. The van der Waals surface area contributed by atoms with E-state index < -0.39 is 11.0 Å². The van der Waals surface area contributed by atoms with Gasteiger partial charge in [-0.3, -0.25) is 9.59 Å². The van der Waals surface area contributed by atoms with Crippen molar-refractivity contribution >= 4 is 29.0 Å². The minimum absolute atomic E-state index is 0.0986. The standard InChI is InChI=1S/C15H27N3O2S/c1-5-7-15(8-6-2,11(16)21)13(20)18-10-9-17-12(19)14(18,3)4/h5-10H2,1-4H3,(H2,16,21)(H,17,19). The molecule has 0 aromatic rings. The summed E-state index contributed by atoms with van der Waals surface area (Å²) < 4.78 is 0. The number of hydrogen-bond acceptors (Lipinski definition) is 3. The van der Waals surface area contributed by atoms with Crippen molar-refractivity contribution < 1.29 is 9.59 Å². The number of hydrogen-bond donors (Lipinski definition) is 2. The second kappa shape index (κ2) is 6.73. The van der Waals surface area contributed by atoms with Crippen molar-refractivity contribution in [3.05, 3.63) is 0 Å². The van der Waals surface area contributed by atoms with Gasteiger partial charge in [-0.1, -0.05) is 38.9 Å². The van der Waals surface area contributed by atoms with Crippen LogP contribution in [0.5, 0.6) is 0 Å². The molecule has 0 spiro atoms. The van der Waals surface area contributed by atoms with Crippen molar-refractivity contribution in [1.82, 2.24) is 10.2 Å². The molecular weight excluding hydrogens is 286 g/mol. The van der Waals surface area contributed by atoms with Crippen LogP contribution in [-0.2, 0) is 9.59 Å². The molecule has 1 rings (SSSR count). The predicted molar refractivity (Wildman–Crippen MR) is 87.8 cm³/mol. The third kappa shape index (κ3) is 3.20. The van der Waals surface area contributed by atoms with Gasteiger partial charge in [-0.2, -0.15) is 0 Å². The highest BCUT2D eigenvalue weighted by Crippen LogP contribution is 2.35. The van der Waals surface area contributed by atoms with Gasteiger partial charge in [0.2, 0.25) is 11.8 Å². The Morgan fingerprint density at radius 1 is 1.38 bits per heavy atom. The molecule has 1 fully saturated rings. The zero-order chi connectivity index (χ0) is 16.3. The Labute approximate surface area is 132 Å². The van der Waals surface area contributed by atoms with Gasteiger partial charge in [0.05, 0.1) is 10.4 Å². The van der Waals surface area contributed by atoms with Gasteiger partial charge >= 0.3 is 0 Å². The summed E-state index contributed by atoms with van der Waals surface area (Å²) in [5.74, 6) is -0.231. The second-order valence-corrected chi connectivity index (χ2v) is 6.66. The Hall–Kier alpha value is -1.17. The maximum atomic E-state index is 13.2. The molecule has 1 heterocycles. The van der Waals surface area contributed by atoms with E-state index in [1.165, 1.54) is 0 Å². The largest absolute Gasteiger partial charge is 0.392 e. The van der Waals surface area contributed by atoms with Gasteiger partial charge in [0.25, 0.3) is 0 Å². The first-order valence-corrected chi connectivity index (χ1v) is 8.05. The van der Waals surface area contributed by atoms with Gasteiger partial charge < -0.3 is 16.0 Å². The van der Waals surface area contributed by atoms with Gasteiger partial charge in [0.15, 0.2) is 0 Å². The fourth-order valence-corrected chi connectivity index (χ4v) is 3.35. The highest BCUT2D eigenvalue weighted by Gasteiger charge is 2.49. The number of nitrogens with one attached hydrogen (secondary N) is 1. The quantitative estimate of drug-likeness (QED) is 0.730. The highest BCUT2D eigenvalue weighted by atomic mass is 32.1. The van der Waals surface area contributed by atoms with Gasteiger partial charge in [-0.25, -0.2) is 0 Å². The van der Waals surface area contributed by atoms with Crippen LogP contribution in [-0.4, -0.2) is 40.3 Å². The molecule has 2 amide bonds. The zero-order valence-electron chi connectivity index (χ0n) is 13.5. The Kier molecular flexibility index (Phi) is 5.73. The number of piperazine rings is 1. The van der Waals surface area contributed by atoms with Crippen molar-refractivity contribution in [2.24, 2.45) is 11.1 Å². The minimum atomic E-state index is -0.868. The number of rotatable bonds is 6. The first-order valence-electron chi connectivity index (χ1n) is 7.64. The number of nitrogens with two attached hydrogens (primary N) is 1. The molecule has 0 atom stereocenters. The van der Waals surface area contributed by atoms with Gasteiger partial charge in [0.1, 0.15) is 5.54 Å². The molecule has 0 aromatic heterocycles. The maximum absolute atomic E-state index is 13.2. The van der Waals surface area contributed by atoms with E-state index in [1.807, 2.05) is 13.8 Å². The van der Waals surface area contributed by atoms with Crippen LogP contribution in [0.4, 0.5) is 0 Å². The Morgan fingerprint density at radius 2 is 1.90 bits per heavy atom. The van der Waals surface area contributed by atoms with Crippen molar-refractivity contribution in [1.29, 1.82) is 0 Å². The average molecular weight is 313 g/mol. The highest BCUT2D eigenvalue weighted by molar-refractivity contribution is 7.80. The lowest BCUT2D eigenvalue weighted by molar-refractivity contribution is -0.154. The van der Waals surface area contributed by atoms with Crippen molar-refractivity contribution in [2.75, 3.05) is 13.1 Å². The summed E-state index contributed by atoms with van der Waals surface area (Å²) >= 11 is 5.24. The number of carbonyl (C=O) groups is 2. The van der Waals surface area contributed by atoms with Crippen LogP contribution in [0.15, 0.2) is 0 Å². The van der Waals surface area contributed by atoms with Gasteiger partial charge in [-0.05, 0) is 26.7 Å². The van der Waals surface area contributed by atoms with Gasteiger partial charge in [-0.15, -0.1) is 0 Å². The number of thiocarbonyl (C=S) groups is 1. The fraction of sp³-hybridized carbons (Fsp3) is 0.800. The number of amides is 2. The van der Waals surface area contributed by atoms with E-state index in [1.54, 1.807) is 18.7 Å². The van der Waals surface area contributed by atoms with E-state index >= 15 is 0 Å². The van der Waals surface area contributed by atoms with E-state index in [2.05, 4.69) is 5.32 Å². The van der Waals surface area contributed by atoms with E-state index in [4.69, 9.17) is 18.0 Å². The lowest BCUT2D eigenvalue weighted by Gasteiger charge is -2.46. The normalized spacial score (nSPS) is 18.3. The number of carbonyl (C=O) groups excluding carboxylic acids is 2. The van der Waals surface area contributed by atoms with Crippen molar-refractivity contribution in [3.8, 4) is 0 Å². The second-order valence-electron chi connectivity index (χ2n) is 6.22. The molecule has 5 nitrogen and oxygen atoms in total. The van der Waals surface area contributed by atoms with E-state index in [0.717, 1.165) is 12.8 Å². The monoisotopic (exact) mass is 313 g/mol. The van der Waals surface area contributed by atoms with Gasteiger partial charge in [0, 0.05) is 13.1 Å². The molecule has 21 heavy (non-hydrogen) atoms. The summed E-state index contributed by atoms with van der Waals surface area (Å²) in [6, 6.07) is 0. The molecule has 3 N–H and O–H groups in total. The molecule has 120 valence electrons. The van der Waals surface area contributed by atoms with Crippen LogP contribution in [0.3, 0.4) is 0 Å². The molecule has 0 aliphatic carbocycles. The zero-order valence-corrected chi connectivity index (χ0v) is 14.3. The van der Waals surface area contributed by atoms with E-state index in [9.17, 15) is 9.59 Å². The third-order valence-corrected chi connectivity index (χ3v) is 4.72. The molecular formula is C15H27N3O2S. The topological polar surface area (TPSA) is 75.4 Å². The van der Waals surface area contributed by atoms with Crippen LogP contribution in [0.25, 0.3) is 0 Å². The lowest BCUT2D eigenvalue weighted by atomic mass is 9.76. The molecule has 0 saturated carbocycles. The van der Waals surface area contributed by atoms with E-state index in [-0.39, 0.29) is 16.8 Å². The SMILES string of the molecule is CCCC(CCC)(C(=O)N1CCNC(=O)C1(C)C)C(N)=S. The summed E-state index contributed by atoms with van der Waals surface area (Å²) in [6.45, 7) is 8.53. The molecule has 0 radical (unpaired) electrons. The first-order chi connectivity index (χ1) is 9.74. The summed E-state index contributed by atoms with van der Waals surface area (Å²) in [5, 5.41) is 2.80. The smallest absolute Gasteiger partial charge is 0.245 e. The summed E-state index contributed by atoms with van der Waals surface area (Å²) in [5.41, 5.74) is 4.26. The summed E-state index contributed by atoms with van der Waals surface area (Å²) in [7, 11) is 0. The molecule has 0 aromatic carbocycles. The van der Waals surface area contributed by atoms with Crippen LogP contribution in [0.2, 0.25) is 0 Å². The Morgan fingerprint density at radius 3 is 2.33 bits per heavy atom. The van der Waals surface area contributed by atoms with Crippen LogP contribution >= 0.6 is 12.2 Å². The predicted octanol–water partition coefficient (Wildman–Crippen LogP) is 1.60. The molecule has 0 unspecified atom stereocenters. The lowest BCUT2D eigenvalue weighted by Crippen LogP contribution is -2.66. The van der Waals surface area contributed by atoms with Crippen LogP contribution < -0.4 is 11.1 Å².